The summed E-state index contributed by atoms with van der Waals surface area (Å²) in [4.78, 5) is 22.6. The lowest BCUT2D eigenvalue weighted by molar-refractivity contribution is -0.142. The predicted molar refractivity (Wildman–Crippen MR) is 70.9 cm³/mol. The van der Waals surface area contributed by atoms with E-state index in [0.717, 1.165) is 12.1 Å². The third-order valence-electron chi connectivity index (χ3n) is 2.59. The summed E-state index contributed by atoms with van der Waals surface area (Å²) >= 11 is 0. The average molecular weight is 301 g/mol. The molecule has 0 aliphatic rings. The van der Waals surface area contributed by atoms with Crippen LogP contribution in [0, 0.1) is 17.6 Å². The zero-order valence-corrected chi connectivity index (χ0v) is 11.7. The van der Waals surface area contributed by atoms with E-state index in [9.17, 15) is 18.4 Å². The molecule has 1 atom stereocenters. The van der Waals surface area contributed by atoms with Crippen molar-refractivity contribution in [3.8, 4) is 5.75 Å². The zero-order chi connectivity index (χ0) is 16.0. The molecule has 0 spiro atoms. The lowest BCUT2D eigenvalue weighted by atomic mass is 10.0. The maximum Gasteiger partial charge on any atom is 0.326 e. The van der Waals surface area contributed by atoms with Crippen molar-refractivity contribution < 1.29 is 28.2 Å². The van der Waals surface area contributed by atoms with Gasteiger partial charge in [0.25, 0.3) is 5.91 Å². The second-order valence-electron chi connectivity index (χ2n) is 4.95. The number of carboxylic acid groups (broad SMARTS) is 1. The number of rotatable bonds is 7. The van der Waals surface area contributed by atoms with Crippen molar-refractivity contribution in [3.05, 3.63) is 29.8 Å². The molecule has 1 amide bonds. The molecular weight excluding hydrogens is 284 g/mol. The van der Waals surface area contributed by atoms with Gasteiger partial charge in [0.1, 0.15) is 11.9 Å². The Morgan fingerprint density at radius 3 is 2.52 bits per heavy atom. The number of hydrogen-bond donors (Lipinski definition) is 2. The molecule has 0 aliphatic carbocycles. The van der Waals surface area contributed by atoms with Crippen molar-refractivity contribution in [3.63, 3.8) is 0 Å². The van der Waals surface area contributed by atoms with E-state index in [4.69, 9.17) is 9.84 Å². The molecule has 1 aromatic rings. The number of carbonyl (C=O) groups excluding carboxylic acids is 1. The standard InChI is InChI=1S/C14H17F2NO4/c1-8(2)5-11(14(19)20)17-13(18)7-21-12-4-3-9(15)6-10(12)16/h3-4,6,8,11H,5,7H2,1-2H3,(H,17,18)(H,19,20). The molecule has 7 heteroatoms. The normalized spacial score (nSPS) is 12.0. The quantitative estimate of drug-likeness (QED) is 0.807. The Morgan fingerprint density at radius 1 is 1.33 bits per heavy atom. The molecule has 0 saturated heterocycles. The summed E-state index contributed by atoms with van der Waals surface area (Å²) in [7, 11) is 0. The number of halogens is 2. The topological polar surface area (TPSA) is 75.6 Å². The van der Waals surface area contributed by atoms with E-state index in [1.165, 1.54) is 0 Å². The summed E-state index contributed by atoms with van der Waals surface area (Å²) in [6, 6.07) is 1.65. The molecule has 0 fully saturated rings. The van der Waals surface area contributed by atoms with Crippen LogP contribution in [0.3, 0.4) is 0 Å². The molecule has 0 aliphatic heterocycles. The largest absolute Gasteiger partial charge is 0.481 e. The Labute approximate surface area is 120 Å². The van der Waals surface area contributed by atoms with Crippen LogP contribution in [0.1, 0.15) is 20.3 Å². The van der Waals surface area contributed by atoms with Crippen LogP contribution < -0.4 is 10.1 Å². The van der Waals surface area contributed by atoms with Crippen LogP contribution in [0.4, 0.5) is 8.78 Å². The van der Waals surface area contributed by atoms with Crippen molar-refractivity contribution in [2.24, 2.45) is 5.92 Å². The minimum atomic E-state index is -1.15. The molecule has 1 rings (SSSR count). The summed E-state index contributed by atoms with van der Waals surface area (Å²) in [6.07, 6.45) is 0.270. The highest BCUT2D eigenvalue weighted by atomic mass is 19.1. The zero-order valence-electron chi connectivity index (χ0n) is 11.7. The van der Waals surface area contributed by atoms with Gasteiger partial charge in [0.2, 0.25) is 0 Å². The van der Waals surface area contributed by atoms with Crippen molar-refractivity contribution in [1.82, 2.24) is 5.32 Å². The van der Waals surface area contributed by atoms with Crippen LogP contribution in [0.5, 0.6) is 5.75 Å². The molecule has 0 aromatic heterocycles. The average Bonchev–Trinajstić information content (AvgIpc) is 2.36. The first kappa shape index (κ1) is 16.9. The molecule has 0 saturated carbocycles. The number of carboxylic acids is 1. The van der Waals surface area contributed by atoms with Gasteiger partial charge in [-0.1, -0.05) is 13.8 Å². The van der Waals surface area contributed by atoms with Gasteiger partial charge >= 0.3 is 5.97 Å². The minimum absolute atomic E-state index is 0.0851. The number of nitrogens with one attached hydrogen (secondary N) is 1. The molecule has 5 nitrogen and oxygen atoms in total. The predicted octanol–water partition coefficient (Wildman–Crippen LogP) is 1.96. The minimum Gasteiger partial charge on any atom is -0.481 e. The van der Waals surface area contributed by atoms with Crippen molar-refractivity contribution >= 4 is 11.9 Å². The molecule has 116 valence electrons. The number of carbonyl (C=O) groups is 2. The second-order valence-corrected chi connectivity index (χ2v) is 4.95. The lowest BCUT2D eigenvalue weighted by Gasteiger charge is -2.16. The summed E-state index contributed by atoms with van der Waals surface area (Å²) < 4.78 is 30.9. The number of amides is 1. The number of aliphatic carboxylic acids is 1. The van der Waals surface area contributed by atoms with Gasteiger partial charge in [-0.05, 0) is 24.5 Å². The van der Waals surface area contributed by atoms with Gasteiger partial charge in [-0.2, -0.15) is 0 Å². The molecular formula is C14H17F2NO4. The fraction of sp³-hybridized carbons (Fsp3) is 0.429. The van der Waals surface area contributed by atoms with Gasteiger partial charge in [0.05, 0.1) is 0 Å². The third kappa shape index (κ3) is 5.76. The Hall–Kier alpha value is -2.18. The highest BCUT2D eigenvalue weighted by molar-refractivity contribution is 5.84. The monoisotopic (exact) mass is 301 g/mol. The Morgan fingerprint density at radius 2 is 2.00 bits per heavy atom. The van der Waals surface area contributed by atoms with Crippen LogP contribution in [-0.4, -0.2) is 29.6 Å². The number of ether oxygens (including phenoxy) is 1. The number of benzene rings is 1. The van der Waals surface area contributed by atoms with Gasteiger partial charge < -0.3 is 15.2 Å². The molecule has 0 radical (unpaired) electrons. The van der Waals surface area contributed by atoms with Crippen LogP contribution in [-0.2, 0) is 9.59 Å². The molecule has 1 unspecified atom stereocenters. The van der Waals surface area contributed by atoms with E-state index < -0.39 is 36.2 Å². The van der Waals surface area contributed by atoms with Crippen LogP contribution in [0.15, 0.2) is 18.2 Å². The smallest absolute Gasteiger partial charge is 0.326 e. The highest BCUT2D eigenvalue weighted by Crippen LogP contribution is 2.17. The highest BCUT2D eigenvalue weighted by Gasteiger charge is 2.21. The van der Waals surface area contributed by atoms with E-state index in [-0.39, 0.29) is 18.1 Å². The van der Waals surface area contributed by atoms with Crippen molar-refractivity contribution in [2.75, 3.05) is 6.61 Å². The van der Waals surface area contributed by atoms with Gasteiger partial charge in [0.15, 0.2) is 18.2 Å². The van der Waals surface area contributed by atoms with Gasteiger partial charge in [-0.3, -0.25) is 4.79 Å². The molecule has 2 N–H and O–H groups in total. The van der Waals surface area contributed by atoms with Gasteiger partial charge in [-0.25, -0.2) is 13.6 Å². The fourth-order valence-corrected chi connectivity index (χ4v) is 1.66. The SMILES string of the molecule is CC(C)CC(NC(=O)COc1ccc(F)cc1F)C(=O)O. The summed E-state index contributed by atoms with van der Waals surface area (Å²) in [5.74, 6) is -3.71. The first-order valence-electron chi connectivity index (χ1n) is 6.39. The Balaban J connectivity index is 2.54. The molecule has 21 heavy (non-hydrogen) atoms. The Bertz CT molecular complexity index is 520. The molecule has 0 heterocycles. The van der Waals surface area contributed by atoms with Crippen LogP contribution in [0.25, 0.3) is 0 Å². The molecule has 0 bridgehead atoms. The fourth-order valence-electron chi connectivity index (χ4n) is 1.66. The summed E-state index contributed by atoms with van der Waals surface area (Å²) in [6.45, 7) is 3.10. The second kappa shape index (κ2) is 7.56. The van der Waals surface area contributed by atoms with Gasteiger partial charge in [-0.15, -0.1) is 0 Å². The summed E-state index contributed by atoms with van der Waals surface area (Å²) in [5.41, 5.74) is 0. The van der Waals surface area contributed by atoms with Crippen molar-refractivity contribution in [1.29, 1.82) is 0 Å². The summed E-state index contributed by atoms with van der Waals surface area (Å²) in [5, 5.41) is 11.3. The molecule has 1 aromatic carbocycles. The van der Waals surface area contributed by atoms with Crippen LogP contribution >= 0.6 is 0 Å². The van der Waals surface area contributed by atoms with E-state index in [1.54, 1.807) is 0 Å². The van der Waals surface area contributed by atoms with E-state index in [2.05, 4.69) is 5.32 Å². The maximum atomic E-state index is 13.3. The van der Waals surface area contributed by atoms with Crippen molar-refractivity contribution in [2.45, 2.75) is 26.3 Å². The van der Waals surface area contributed by atoms with E-state index in [0.29, 0.717) is 6.07 Å². The van der Waals surface area contributed by atoms with Gasteiger partial charge in [0, 0.05) is 6.07 Å². The third-order valence-corrected chi connectivity index (χ3v) is 2.59. The maximum absolute atomic E-state index is 13.3. The van der Waals surface area contributed by atoms with E-state index >= 15 is 0 Å². The first-order chi connectivity index (χ1) is 9.79. The lowest BCUT2D eigenvalue weighted by Crippen LogP contribution is -2.43. The van der Waals surface area contributed by atoms with Crippen LogP contribution in [0.2, 0.25) is 0 Å². The first-order valence-corrected chi connectivity index (χ1v) is 6.39. The number of hydrogen-bond acceptors (Lipinski definition) is 3. The Kier molecular flexibility index (Phi) is 6.08. The van der Waals surface area contributed by atoms with E-state index in [1.807, 2.05) is 13.8 Å².